The molecule has 0 aliphatic carbocycles. The third-order valence-electron chi connectivity index (χ3n) is 4.53. The molecule has 0 amide bonds. The summed E-state index contributed by atoms with van der Waals surface area (Å²) in [5, 5.41) is 0.207. The Balaban J connectivity index is 2.63. The zero-order chi connectivity index (χ0) is 17.9. The van der Waals surface area contributed by atoms with Crippen LogP contribution < -0.4 is 0 Å². The number of rotatable bonds is 5. The molecule has 0 radical (unpaired) electrons. The zero-order valence-electron chi connectivity index (χ0n) is 15.7. The quantitative estimate of drug-likeness (QED) is 0.513. The van der Waals surface area contributed by atoms with Gasteiger partial charge < -0.3 is 18.6 Å². The first-order valence-electron chi connectivity index (χ1n) is 8.08. The molecular formula is C16H32O4S2Si. The first-order valence-corrected chi connectivity index (χ1v) is 12.6. The van der Waals surface area contributed by atoms with Crippen LogP contribution in [0.3, 0.4) is 0 Å². The minimum Gasteiger partial charge on any atom is -0.470 e. The minimum atomic E-state index is -1.74. The average Bonchev–Trinajstić information content (AvgIpc) is 2.39. The van der Waals surface area contributed by atoms with Crippen molar-refractivity contribution >= 4 is 36.7 Å². The highest BCUT2D eigenvalue weighted by Gasteiger charge is 2.40. The van der Waals surface area contributed by atoms with Gasteiger partial charge in [-0.2, -0.15) is 0 Å². The lowest BCUT2D eigenvalue weighted by Gasteiger charge is -2.41. The summed E-state index contributed by atoms with van der Waals surface area (Å²) in [6, 6.07) is 0. The predicted molar refractivity (Wildman–Crippen MR) is 104 cm³/mol. The third kappa shape index (κ3) is 6.63. The molecule has 1 heterocycles. The third-order valence-corrected chi connectivity index (χ3v) is 10.1. The van der Waals surface area contributed by atoms with Crippen molar-refractivity contribution in [3.05, 3.63) is 0 Å². The van der Waals surface area contributed by atoms with Crippen LogP contribution in [0.25, 0.3) is 0 Å². The smallest absolute Gasteiger partial charge is 0.220 e. The Kier molecular flexibility index (Phi) is 7.57. The molecule has 0 unspecified atom stereocenters. The van der Waals surface area contributed by atoms with E-state index in [1.54, 1.807) is 0 Å². The molecular weight excluding hydrogens is 348 g/mol. The van der Waals surface area contributed by atoms with Crippen molar-refractivity contribution in [3.8, 4) is 0 Å². The Hall–Kier alpha value is 0.337. The summed E-state index contributed by atoms with van der Waals surface area (Å²) in [6.07, 6.45) is 2.44. The molecule has 1 aliphatic heterocycles. The fourth-order valence-corrected chi connectivity index (χ4v) is 3.44. The molecule has 0 bridgehead atoms. The number of ether oxygens (including phenoxy) is 3. The van der Waals surface area contributed by atoms with Crippen LogP contribution in [0, 0.1) is 0 Å². The van der Waals surface area contributed by atoms with Gasteiger partial charge >= 0.3 is 0 Å². The Morgan fingerprint density at radius 1 is 1.35 bits per heavy atom. The van der Waals surface area contributed by atoms with E-state index in [9.17, 15) is 0 Å². The van der Waals surface area contributed by atoms with Gasteiger partial charge in [-0.05, 0) is 56.9 Å². The van der Waals surface area contributed by atoms with Gasteiger partial charge in [0.05, 0.1) is 6.61 Å². The second-order valence-electron chi connectivity index (χ2n) is 7.88. The van der Waals surface area contributed by atoms with Crippen molar-refractivity contribution in [3.63, 3.8) is 0 Å². The SMILES string of the molecule is CSC(=S)O[C@@H]1COC(C)(C)O[C@@H]1CCO[Si](C)(C)C(C)(C)C. The van der Waals surface area contributed by atoms with E-state index in [-0.39, 0.29) is 17.2 Å². The fraction of sp³-hybridized carbons (Fsp3) is 0.938. The maximum absolute atomic E-state index is 6.27. The summed E-state index contributed by atoms with van der Waals surface area (Å²) < 4.78 is 24.3. The molecule has 23 heavy (non-hydrogen) atoms. The summed E-state index contributed by atoms with van der Waals surface area (Å²) in [6.45, 7) is 16.3. The molecule has 1 fully saturated rings. The molecule has 1 saturated heterocycles. The number of thioether (sulfide) groups is 1. The highest BCUT2D eigenvalue weighted by atomic mass is 32.2. The molecule has 4 nitrogen and oxygen atoms in total. The van der Waals surface area contributed by atoms with E-state index in [0.717, 1.165) is 6.42 Å². The lowest BCUT2D eigenvalue weighted by Crippen LogP contribution is -2.51. The molecule has 0 aromatic heterocycles. The standard InChI is InChI=1S/C16H32O4S2Si/c1-15(2,3)23(7,8)18-10-9-12-13(19-14(21)22-6)11-17-16(4,5)20-12/h12-13H,9-11H2,1-8H3/t12-,13-/m1/s1. The van der Waals surface area contributed by atoms with E-state index >= 15 is 0 Å². The summed E-state index contributed by atoms with van der Waals surface area (Å²) in [5.41, 5.74) is 0. The van der Waals surface area contributed by atoms with Crippen LogP contribution in [0.15, 0.2) is 0 Å². The average molecular weight is 381 g/mol. The van der Waals surface area contributed by atoms with Crippen molar-refractivity contribution in [1.82, 2.24) is 0 Å². The Labute approximate surface area is 152 Å². The van der Waals surface area contributed by atoms with E-state index in [4.69, 9.17) is 30.9 Å². The van der Waals surface area contributed by atoms with Crippen molar-refractivity contribution in [2.45, 2.75) is 77.2 Å². The second-order valence-corrected chi connectivity index (χ2v) is 14.1. The Morgan fingerprint density at radius 3 is 2.48 bits per heavy atom. The van der Waals surface area contributed by atoms with Gasteiger partial charge in [-0.1, -0.05) is 32.5 Å². The van der Waals surface area contributed by atoms with Gasteiger partial charge in [-0.25, -0.2) is 0 Å². The van der Waals surface area contributed by atoms with E-state index in [1.807, 2.05) is 20.1 Å². The largest absolute Gasteiger partial charge is 0.470 e. The highest BCUT2D eigenvalue weighted by Crippen LogP contribution is 2.37. The van der Waals surface area contributed by atoms with Gasteiger partial charge in [0.2, 0.25) is 4.38 Å². The maximum Gasteiger partial charge on any atom is 0.220 e. The number of hydrogen-bond donors (Lipinski definition) is 0. The van der Waals surface area contributed by atoms with Crippen LogP contribution in [0.1, 0.15) is 41.0 Å². The van der Waals surface area contributed by atoms with Gasteiger partial charge in [0.1, 0.15) is 12.2 Å². The zero-order valence-corrected chi connectivity index (χ0v) is 18.4. The van der Waals surface area contributed by atoms with Gasteiger partial charge in [-0.15, -0.1) is 0 Å². The van der Waals surface area contributed by atoms with Crippen molar-refractivity contribution in [1.29, 1.82) is 0 Å². The molecule has 0 aromatic carbocycles. The number of hydrogen-bond acceptors (Lipinski definition) is 6. The van der Waals surface area contributed by atoms with Crippen molar-refractivity contribution < 1.29 is 18.6 Å². The summed E-state index contributed by atoms with van der Waals surface area (Å²) in [4.78, 5) is 0. The van der Waals surface area contributed by atoms with Crippen LogP contribution in [0.2, 0.25) is 18.1 Å². The van der Waals surface area contributed by atoms with E-state index < -0.39 is 14.1 Å². The normalized spacial score (nSPS) is 25.2. The molecule has 0 saturated carbocycles. The summed E-state index contributed by atoms with van der Waals surface area (Å²) in [5.74, 6) is -0.595. The van der Waals surface area contributed by atoms with Gasteiger partial charge in [0.15, 0.2) is 14.1 Å². The van der Waals surface area contributed by atoms with E-state index in [0.29, 0.717) is 17.6 Å². The summed E-state index contributed by atoms with van der Waals surface area (Å²) >= 11 is 6.60. The fourth-order valence-electron chi connectivity index (χ4n) is 2.04. The van der Waals surface area contributed by atoms with Crippen molar-refractivity contribution in [2.24, 2.45) is 0 Å². The lowest BCUT2D eigenvalue weighted by atomic mass is 10.1. The lowest BCUT2D eigenvalue weighted by molar-refractivity contribution is -0.302. The minimum absolute atomic E-state index is 0.0754. The Morgan fingerprint density at radius 2 is 1.96 bits per heavy atom. The van der Waals surface area contributed by atoms with Gasteiger partial charge in [-0.3, -0.25) is 0 Å². The highest BCUT2D eigenvalue weighted by molar-refractivity contribution is 8.22. The molecule has 2 atom stereocenters. The van der Waals surface area contributed by atoms with E-state index in [2.05, 4.69) is 33.9 Å². The summed E-state index contributed by atoms with van der Waals surface area (Å²) in [7, 11) is -1.74. The molecule has 0 spiro atoms. The van der Waals surface area contributed by atoms with Crippen molar-refractivity contribution in [2.75, 3.05) is 19.5 Å². The maximum atomic E-state index is 6.27. The topological polar surface area (TPSA) is 36.9 Å². The van der Waals surface area contributed by atoms with Crippen LogP contribution >= 0.6 is 24.0 Å². The second kappa shape index (κ2) is 8.14. The predicted octanol–water partition coefficient (Wildman–Crippen LogP) is 4.58. The van der Waals surface area contributed by atoms with Gasteiger partial charge in [0.25, 0.3) is 0 Å². The molecule has 136 valence electrons. The van der Waals surface area contributed by atoms with Crippen LogP contribution in [0.5, 0.6) is 0 Å². The first-order chi connectivity index (χ1) is 10.4. The number of thiocarbonyl (C=S) groups is 1. The van der Waals surface area contributed by atoms with Crippen LogP contribution in [0.4, 0.5) is 0 Å². The Bertz CT molecular complexity index is 407. The molecule has 7 heteroatoms. The van der Waals surface area contributed by atoms with Crippen LogP contribution in [-0.4, -0.2) is 50.2 Å². The van der Waals surface area contributed by atoms with E-state index in [1.165, 1.54) is 11.8 Å². The molecule has 1 aliphatic rings. The van der Waals surface area contributed by atoms with Crippen LogP contribution in [-0.2, 0) is 18.6 Å². The molecule has 0 N–H and O–H groups in total. The molecule has 1 rings (SSSR count). The molecule has 0 aromatic rings. The van der Waals surface area contributed by atoms with Gasteiger partial charge in [0, 0.05) is 6.61 Å². The monoisotopic (exact) mass is 380 g/mol. The first kappa shape index (κ1) is 21.4.